The molecule has 0 atom stereocenters. The Bertz CT molecular complexity index is 608. The number of carboxylic acid groups (broad SMARTS) is 1. The third kappa shape index (κ3) is 2.87. The van der Waals surface area contributed by atoms with E-state index in [-0.39, 0.29) is 12.5 Å². The molecular weight excluding hydrogens is 258 g/mol. The highest BCUT2D eigenvalue weighted by atomic mass is 16.4. The van der Waals surface area contributed by atoms with Crippen LogP contribution in [-0.4, -0.2) is 43.2 Å². The number of anilines is 1. The molecule has 0 aromatic carbocycles. The lowest BCUT2D eigenvalue weighted by molar-refractivity contribution is -0.137. The number of rotatable bonds is 6. The zero-order valence-electron chi connectivity index (χ0n) is 11.9. The number of carbonyl (C=O) groups is 1. The van der Waals surface area contributed by atoms with Crippen LogP contribution in [-0.2, 0) is 4.79 Å². The van der Waals surface area contributed by atoms with E-state index >= 15 is 0 Å². The number of aromatic nitrogens is 4. The fraction of sp³-hybridized carbons (Fsp3) is 0.538. The average Bonchev–Trinajstić information content (AvgIpc) is 2.76. The van der Waals surface area contributed by atoms with Crippen molar-refractivity contribution in [2.45, 2.75) is 39.7 Å². The highest BCUT2D eigenvalue weighted by molar-refractivity contribution is 5.67. The molecule has 7 nitrogen and oxygen atoms in total. The van der Waals surface area contributed by atoms with Crippen LogP contribution >= 0.6 is 0 Å². The summed E-state index contributed by atoms with van der Waals surface area (Å²) in [6.07, 6.45) is 4.26. The second kappa shape index (κ2) is 5.85. The molecule has 0 aliphatic heterocycles. The van der Waals surface area contributed by atoms with Crippen molar-refractivity contribution >= 4 is 17.4 Å². The molecule has 0 unspecified atom stereocenters. The molecule has 2 aromatic heterocycles. The first kappa shape index (κ1) is 14.2. The molecule has 108 valence electrons. The molecule has 0 radical (unpaired) electrons. The first-order valence-electron chi connectivity index (χ1n) is 6.65. The second-order valence-electron chi connectivity index (χ2n) is 4.98. The van der Waals surface area contributed by atoms with Crippen LogP contribution in [0.15, 0.2) is 12.4 Å². The van der Waals surface area contributed by atoms with Gasteiger partial charge in [-0.2, -0.15) is 0 Å². The monoisotopic (exact) mass is 277 g/mol. The summed E-state index contributed by atoms with van der Waals surface area (Å²) in [6, 6.07) is 0.208. The van der Waals surface area contributed by atoms with Gasteiger partial charge in [-0.25, -0.2) is 4.98 Å². The first-order valence-corrected chi connectivity index (χ1v) is 6.65. The fourth-order valence-corrected chi connectivity index (χ4v) is 2.14. The summed E-state index contributed by atoms with van der Waals surface area (Å²) in [5.74, 6) is 0.768. The highest BCUT2D eigenvalue weighted by Crippen LogP contribution is 2.20. The fourth-order valence-electron chi connectivity index (χ4n) is 2.14. The van der Waals surface area contributed by atoms with E-state index in [0.717, 1.165) is 11.6 Å². The molecule has 0 aliphatic carbocycles. The summed E-state index contributed by atoms with van der Waals surface area (Å²) >= 11 is 0. The van der Waals surface area contributed by atoms with E-state index in [9.17, 15) is 4.79 Å². The molecule has 0 fully saturated rings. The molecule has 2 aromatic rings. The zero-order valence-corrected chi connectivity index (χ0v) is 11.9. The molecule has 20 heavy (non-hydrogen) atoms. The van der Waals surface area contributed by atoms with E-state index in [1.54, 1.807) is 6.20 Å². The van der Waals surface area contributed by atoms with Gasteiger partial charge in [0.1, 0.15) is 5.82 Å². The predicted octanol–water partition coefficient (Wildman–Crippen LogP) is 1.51. The maximum Gasteiger partial charge on any atom is 0.303 e. The van der Waals surface area contributed by atoms with Crippen molar-refractivity contribution in [3.63, 3.8) is 0 Å². The van der Waals surface area contributed by atoms with Gasteiger partial charge in [0.05, 0.1) is 0 Å². The highest BCUT2D eigenvalue weighted by Gasteiger charge is 2.17. The molecule has 0 amide bonds. The molecule has 2 heterocycles. The van der Waals surface area contributed by atoms with Crippen LogP contribution in [0.2, 0.25) is 0 Å². The summed E-state index contributed by atoms with van der Waals surface area (Å²) in [6.45, 7) is 6.61. The zero-order chi connectivity index (χ0) is 14.7. The second-order valence-corrected chi connectivity index (χ2v) is 4.98. The van der Waals surface area contributed by atoms with Gasteiger partial charge in [0.15, 0.2) is 5.82 Å². The van der Waals surface area contributed by atoms with E-state index < -0.39 is 5.97 Å². The number of fused-ring (bicyclic) bond motifs is 1. The Morgan fingerprint density at radius 3 is 2.85 bits per heavy atom. The predicted molar refractivity (Wildman–Crippen MR) is 74.9 cm³/mol. The largest absolute Gasteiger partial charge is 0.481 e. The third-order valence-electron chi connectivity index (χ3n) is 3.16. The van der Waals surface area contributed by atoms with Gasteiger partial charge >= 0.3 is 5.97 Å². The number of aryl methyl sites for hydroxylation is 1. The lowest BCUT2D eigenvalue weighted by Gasteiger charge is -2.27. The normalized spacial score (nSPS) is 11.2. The number of aliphatic carboxylic acids is 1. The molecular formula is C13H19N5O2. The Kier molecular flexibility index (Phi) is 4.16. The van der Waals surface area contributed by atoms with Gasteiger partial charge in [-0.1, -0.05) is 0 Å². The van der Waals surface area contributed by atoms with E-state index in [1.807, 2.05) is 17.5 Å². The molecule has 2 rings (SSSR count). The van der Waals surface area contributed by atoms with Crippen molar-refractivity contribution in [1.29, 1.82) is 0 Å². The summed E-state index contributed by atoms with van der Waals surface area (Å²) < 4.78 is 1.88. The summed E-state index contributed by atoms with van der Waals surface area (Å²) in [5.41, 5.74) is 0.703. The SMILES string of the molecule is Cc1nnc2c(N(CCCC(=O)O)C(C)C)nccn12. The van der Waals surface area contributed by atoms with E-state index in [1.165, 1.54) is 0 Å². The number of hydrogen-bond acceptors (Lipinski definition) is 5. The summed E-state index contributed by atoms with van der Waals surface area (Å²) in [5, 5.41) is 17.0. The van der Waals surface area contributed by atoms with Crippen LogP contribution in [0.3, 0.4) is 0 Å². The van der Waals surface area contributed by atoms with Gasteiger partial charge < -0.3 is 10.0 Å². The van der Waals surface area contributed by atoms with Crippen LogP contribution in [0.5, 0.6) is 0 Å². The third-order valence-corrected chi connectivity index (χ3v) is 3.16. The van der Waals surface area contributed by atoms with Crippen molar-refractivity contribution in [1.82, 2.24) is 19.6 Å². The molecule has 1 N–H and O–H groups in total. The minimum Gasteiger partial charge on any atom is -0.481 e. The van der Waals surface area contributed by atoms with Crippen molar-refractivity contribution < 1.29 is 9.90 Å². The Balaban J connectivity index is 2.29. The van der Waals surface area contributed by atoms with Crippen LogP contribution < -0.4 is 4.90 Å². The lowest BCUT2D eigenvalue weighted by atomic mass is 10.2. The minimum absolute atomic E-state index is 0.151. The standard InChI is InChI=1S/C13H19N5O2/c1-9(2)17(7-4-5-11(19)20)12-13-16-15-10(3)18(13)8-6-14-12/h6,8-9H,4-5,7H2,1-3H3,(H,19,20). The molecule has 0 saturated heterocycles. The summed E-state index contributed by atoms with van der Waals surface area (Å²) in [7, 11) is 0. The smallest absolute Gasteiger partial charge is 0.303 e. The van der Waals surface area contributed by atoms with Gasteiger partial charge in [0, 0.05) is 31.4 Å². The molecule has 7 heteroatoms. The average molecular weight is 277 g/mol. The van der Waals surface area contributed by atoms with Crippen molar-refractivity contribution in [3.8, 4) is 0 Å². The Morgan fingerprint density at radius 2 is 2.20 bits per heavy atom. The van der Waals surface area contributed by atoms with Crippen LogP contribution in [0.4, 0.5) is 5.82 Å². The molecule has 0 bridgehead atoms. The van der Waals surface area contributed by atoms with Gasteiger partial charge in [0.25, 0.3) is 0 Å². The van der Waals surface area contributed by atoms with Gasteiger partial charge in [0.2, 0.25) is 5.65 Å². The molecule has 0 aliphatic rings. The first-order chi connectivity index (χ1) is 9.50. The number of nitrogens with zero attached hydrogens (tertiary/aromatic N) is 5. The van der Waals surface area contributed by atoms with Crippen LogP contribution in [0, 0.1) is 6.92 Å². The Hall–Kier alpha value is -2.18. The van der Waals surface area contributed by atoms with E-state index in [2.05, 4.69) is 33.9 Å². The number of hydrogen-bond donors (Lipinski definition) is 1. The maximum atomic E-state index is 10.6. The van der Waals surface area contributed by atoms with E-state index in [4.69, 9.17) is 5.11 Å². The quantitative estimate of drug-likeness (QED) is 0.861. The van der Waals surface area contributed by atoms with Crippen LogP contribution in [0.1, 0.15) is 32.5 Å². The van der Waals surface area contributed by atoms with Gasteiger partial charge in [-0.15, -0.1) is 10.2 Å². The molecule has 0 spiro atoms. The van der Waals surface area contributed by atoms with Gasteiger partial charge in [-0.05, 0) is 27.2 Å². The Morgan fingerprint density at radius 1 is 1.45 bits per heavy atom. The van der Waals surface area contributed by atoms with Crippen molar-refractivity contribution in [2.75, 3.05) is 11.4 Å². The summed E-state index contributed by atoms with van der Waals surface area (Å²) in [4.78, 5) is 17.1. The number of carboxylic acids is 1. The van der Waals surface area contributed by atoms with E-state index in [0.29, 0.717) is 18.6 Å². The Labute approximate surface area is 117 Å². The topological polar surface area (TPSA) is 83.6 Å². The van der Waals surface area contributed by atoms with Gasteiger partial charge in [-0.3, -0.25) is 9.20 Å². The van der Waals surface area contributed by atoms with Crippen molar-refractivity contribution in [3.05, 3.63) is 18.2 Å². The van der Waals surface area contributed by atoms with Crippen LogP contribution in [0.25, 0.3) is 5.65 Å². The van der Waals surface area contributed by atoms with Crippen molar-refractivity contribution in [2.24, 2.45) is 0 Å². The lowest BCUT2D eigenvalue weighted by Crippen LogP contribution is -2.33. The minimum atomic E-state index is -0.779. The maximum absolute atomic E-state index is 10.6. The molecule has 0 saturated carbocycles.